The number of nitrogens with two attached hydrogens (primary N) is 1. The molecule has 0 aliphatic rings. The summed E-state index contributed by atoms with van der Waals surface area (Å²) in [6.45, 7) is 4.33. The monoisotopic (exact) mass is 306 g/mol. The van der Waals surface area contributed by atoms with Crippen molar-refractivity contribution < 1.29 is 0 Å². The first-order chi connectivity index (χ1) is 8.49. The summed E-state index contributed by atoms with van der Waals surface area (Å²) < 4.78 is 2.60. The van der Waals surface area contributed by atoms with Crippen molar-refractivity contribution in [1.82, 2.24) is 4.57 Å². The average Bonchev–Trinajstić information content (AvgIpc) is 2.31. The lowest BCUT2D eigenvalue weighted by Gasteiger charge is -2.11. The molecular formula is C14H15BrN2O. The molecule has 0 bridgehead atoms. The summed E-state index contributed by atoms with van der Waals surface area (Å²) in [6, 6.07) is 7.60. The van der Waals surface area contributed by atoms with E-state index in [1.54, 1.807) is 10.8 Å². The quantitative estimate of drug-likeness (QED) is 0.867. The number of hydrogen-bond donors (Lipinski definition) is 1. The van der Waals surface area contributed by atoms with Crippen molar-refractivity contribution >= 4 is 21.6 Å². The molecule has 2 rings (SSSR count). The first-order valence-corrected chi connectivity index (χ1v) is 6.49. The second-order valence-electron chi connectivity index (χ2n) is 4.41. The Labute approximate surface area is 114 Å². The molecule has 18 heavy (non-hydrogen) atoms. The lowest BCUT2D eigenvalue weighted by Crippen LogP contribution is -2.22. The van der Waals surface area contributed by atoms with E-state index in [1.807, 2.05) is 38.1 Å². The van der Waals surface area contributed by atoms with Gasteiger partial charge in [-0.3, -0.25) is 4.79 Å². The van der Waals surface area contributed by atoms with Gasteiger partial charge in [0.15, 0.2) is 0 Å². The minimum atomic E-state index is 0.0278. The minimum absolute atomic E-state index is 0.0278. The molecule has 0 saturated heterocycles. The SMILES string of the molecule is Cc1c(N)cccc1Cn1cc(Br)cc(C)c1=O. The largest absolute Gasteiger partial charge is 0.399 e. The van der Waals surface area contributed by atoms with Crippen LogP contribution in [-0.2, 0) is 6.54 Å². The van der Waals surface area contributed by atoms with Crippen molar-refractivity contribution in [3.8, 4) is 0 Å². The Kier molecular flexibility index (Phi) is 3.57. The maximum atomic E-state index is 12.0. The number of rotatable bonds is 2. The van der Waals surface area contributed by atoms with Crippen LogP contribution in [0, 0.1) is 13.8 Å². The molecule has 0 spiro atoms. The van der Waals surface area contributed by atoms with Crippen molar-refractivity contribution in [2.45, 2.75) is 20.4 Å². The highest BCUT2D eigenvalue weighted by Crippen LogP contribution is 2.17. The zero-order valence-electron chi connectivity index (χ0n) is 10.4. The van der Waals surface area contributed by atoms with E-state index in [0.717, 1.165) is 26.9 Å². The molecule has 2 aromatic rings. The molecule has 1 heterocycles. The van der Waals surface area contributed by atoms with Crippen LogP contribution in [0.3, 0.4) is 0 Å². The molecule has 0 unspecified atom stereocenters. The standard InChI is InChI=1S/C14H15BrN2O/c1-9-6-12(15)8-17(14(9)18)7-11-4-3-5-13(16)10(11)2/h3-6,8H,7,16H2,1-2H3. The van der Waals surface area contributed by atoms with Gasteiger partial charge in [0.2, 0.25) is 0 Å². The summed E-state index contributed by atoms with van der Waals surface area (Å²) in [7, 11) is 0. The molecule has 0 saturated carbocycles. The van der Waals surface area contributed by atoms with E-state index in [2.05, 4.69) is 15.9 Å². The molecule has 1 aromatic heterocycles. The highest BCUT2D eigenvalue weighted by atomic mass is 79.9. The number of nitrogen functional groups attached to an aromatic ring is 1. The first kappa shape index (κ1) is 12.9. The lowest BCUT2D eigenvalue weighted by atomic mass is 10.1. The molecule has 0 radical (unpaired) electrons. The third kappa shape index (κ3) is 2.48. The maximum Gasteiger partial charge on any atom is 0.253 e. The number of halogens is 1. The molecule has 0 aliphatic carbocycles. The second kappa shape index (κ2) is 4.98. The Morgan fingerprint density at radius 3 is 2.78 bits per heavy atom. The van der Waals surface area contributed by atoms with Crippen molar-refractivity contribution in [2.75, 3.05) is 5.73 Å². The van der Waals surface area contributed by atoms with Crippen LogP contribution in [0.5, 0.6) is 0 Å². The molecule has 1 aromatic carbocycles. The summed E-state index contributed by atoms with van der Waals surface area (Å²) >= 11 is 3.41. The Hall–Kier alpha value is -1.55. The van der Waals surface area contributed by atoms with Crippen LogP contribution in [0.2, 0.25) is 0 Å². The van der Waals surface area contributed by atoms with Gasteiger partial charge in [0.1, 0.15) is 0 Å². The molecule has 3 nitrogen and oxygen atoms in total. The van der Waals surface area contributed by atoms with Crippen LogP contribution in [0.15, 0.2) is 39.7 Å². The molecule has 0 fully saturated rings. The fourth-order valence-corrected chi connectivity index (χ4v) is 2.51. The van der Waals surface area contributed by atoms with Crippen LogP contribution in [0.1, 0.15) is 16.7 Å². The van der Waals surface area contributed by atoms with Gasteiger partial charge in [-0.1, -0.05) is 12.1 Å². The minimum Gasteiger partial charge on any atom is -0.399 e. The summed E-state index contributed by atoms with van der Waals surface area (Å²) in [5, 5.41) is 0. The number of nitrogens with zero attached hydrogens (tertiary/aromatic N) is 1. The molecule has 94 valence electrons. The molecule has 2 N–H and O–H groups in total. The summed E-state index contributed by atoms with van der Waals surface area (Å²) in [4.78, 5) is 12.0. The van der Waals surface area contributed by atoms with Gasteiger partial charge in [-0.25, -0.2) is 0 Å². The Morgan fingerprint density at radius 1 is 1.33 bits per heavy atom. The van der Waals surface area contributed by atoms with E-state index in [0.29, 0.717) is 6.54 Å². The number of benzene rings is 1. The van der Waals surface area contributed by atoms with Gasteiger partial charge in [0.05, 0.1) is 6.54 Å². The van der Waals surface area contributed by atoms with E-state index >= 15 is 0 Å². The molecule has 0 atom stereocenters. The van der Waals surface area contributed by atoms with E-state index in [9.17, 15) is 4.79 Å². The highest BCUT2D eigenvalue weighted by Gasteiger charge is 2.06. The van der Waals surface area contributed by atoms with Crippen LogP contribution >= 0.6 is 15.9 Å². The third-order valence-electron chi connectivity index (χ3n) is 3.06. The van der Waals surface area contributed by atoms with Gasteiger partial charge in [0.25, 0.3) is 5.56 Å². The summed E-state index contributed by atoms with van der Waals surface area (Å²) in [6.07, 6.45) is 1.80. The zero-order valence-corrected chi connectivity index (χ0v) is 12.0. The van der Waals surface area contributed by atoms with Crippen LogP contribution in [0.25, 0.3) is 0 Å². The predicted molar refractivity (Wildman–Crippen MR) is 77.8 cm³/mol. The van der Waals surface area contributed by atoms with Crippen molar-refractivity contribution in [3.63, 3.8) is 0 Å². The van der Waals surface area contributed by atoms with Crippen LogP contribution in [0.4, 0.5) is 5.69 Å². The average molecular weight is 307 g/mol. The number of anilines is 1. The molecular weight excluding hydrogens is 292 g/mol. The van der Waals surface area contributed by atoms with E-state index in [-0.39, 0.29) is 5.56 Å². The van der Waals surface area contributed by atoms with E-state index < -0.39 is 0 Å². The topological polar surface area (TPSA) is 48.0 Å². The summed E-state index contributed by atoms with van der Waals surface area (Å²) in [5.41, 5.74) is 9.48. The normalized spacial score (nSPS) is 10.6. The van der Waals surface area contributed by atoms with Gasteiger partial charge < -0.3 is 10.3 Å². The van der Waals surface area contributed by atoms with E-state index in [4.69, 9.17) is 5.73 Å². The maximum absolute atomic E-state index is 12.0. The Balaban J connectivity index is 2.46. The lowest BCUT2D eigenvalue weighted by molar-refractivity contribution is 0.745. The fourth-order valence-electron chi connectivity index (χ4n) is 1.92. The zero-order chi connectivity index (χ0) is 13.3. The molecule has 0 amide bonds. The van der Waals surface area contributed by atoms with Crippen LogP contribution < -0.4 is 11.3 Å². The Morgan fingerprint density at radius 2 is 2.06 bits per heavy atom. The van der Waals surface area contributed by atoms with Gasteiger partial charge in [0, 0.05) is 21.9 Å². The first-order valence-electron chi connectivity index (χ1n) is 5.69. The van der Waals surface area contributed by atoms with Crippen molar-refractivity contribution in [1.29, 1.82) is 0 Å². The Bertz CT molecular complexity index is 647. The number of pyridine rings is 1. The van der Waals surface area contributed by atoms with E-state index in [1.165, 1.54) is 0 Å². The number of aromatic nitrogens is 1. The molecule has 4 heteroatoms. The van der Waals surface area contributed by atoms with Gasteiger partial charge >= 0.3 is 0 Å². The summed E-state index contributed by atoms with van der Waals surface area (Å²) in [5.74, 6) is 0. The highest BCUT2D eigenvalue weighted by molar-refractivity contribution is 9.10. The van der Waals surface area contributed by atoms with Crippen molar-refractivity contribution in [2.24, 2.45) is 0 Å². The molecule has 0 aliphatic heterocycles. The number of hydrogen-bond acceptors (Lipinski definition) is 2. The smallest absolute Gasteiger partial charge is 0.253 e. The van der Waals surface area contributed by atoms with Crippen molar-refractivity contribution in [3.05, 3.63) is 62.0 Å². The van der Waals surface area contributed by atoms with Gasteiger partial charge in [-0.15, -0.1) is 0 Å². The number of aryl methyl sites for hydroxylation is 1. The fraction of sp³-hybridized carbons (Fsp3) is 0.214. The van der Waals surface area contributed by atoms with Gasteiger partial charge in [-0.05, 0) is 53.0 Å². The third-order valence-corrected chi connectivity index (χ3v) is 3.49. The second-order valence-corrected chi connectivity index (χ2v) is 5.32. The van der Waals surface area contributed by atoms with Crippen LogP contribution in [-0.4, -0.2) is 4.57 Å². The predicted octanol–water partition coefficient (Wildman–Crippen LogP) is 2.86. The van der Waals surface area contributed by atoms with Gasteiger partial charge in [-0.2, -0.15) is 0 Å².